The first kappa shape index (κ1) is 19.7. The number of aryl methyl sites for hydroxylation is 1. The zero-order chi connectivity index (χ0) is 22.6. The molecule has 8 nitrogen and oxygen atoms in total. The van der Waals surface area contributed by atoms with E-state index in [1.165, 1.54) is 12.1 Å². The summed E-state index contributed by atoms with van der Waals surface area (Å²) in [6, 6.07) is 10.4. The fourth-order valence-electron chi connectivity index (χ4n) is 4.46. The van der Waals surface area contributed by atoms with Crippen LogP contribution in [-0.4, -0.2) is 47.2 Å². The molecule has 3 aliphatic heterocycles. The zero-order valence-corrected chi connectivity index (χ0v) is 18.1. The maximum Gasteiger partial charge on any atom is 0.275 e. The number of morpholine rings is 1. The summed E-state index contributed by atoms with van der Waals surface area (Å²) in [5, 5.41) is 4.33. The average Bonchev–Trinajstić information content (AvgIpc) is 3.52. The van der Waals surface area contributed by atoms with Gasteiger partial charge >= 0.3 is 0 Å². The molecule has 3 aliphatic rings. The van der Waals surface area contributed by atoms with E-state index in [1.807, 2.05) is 46.9 Å². The van der Waals surface area contributed by atoms with Crippen molar-refractivity contribution in [3.63, 3.8) is 0 Å². The first-order chi connectivity index (χ1) is 16.1. The molecular weight excluding hydrogens is 427 g/mol. The second kappa shape index (κ2) is 7.26. The number of halogens is 1. The quantitative estimate of drug-likeness (QED) is 0.610. The van der Waals surface area contributed by atoms with Gasteiger partial charge < -0.3 is 28.5 Å². The molecule has 6 rings (SSSR count). The Morgan fingerprint density at radius 3 is 2.91 bits per heavy atom. The fourth-order valence-corrected chi connectivity index (χ4v) is 4.46. The molecule has 2 aromatic carbocycles. The van der Waals surface area contributed by atoms with Gasteiger partial charge in [-0.2, -0.15) is 0 Å². The van der Waals surface area contributed by atoms with Crippen molar-refractivity contribution in [1.82, 2.24) is 14.5 Å². The molecule has 0 N–H and O–H groups in total. The van der Waals surface area contributed by atoms with Gasteiger partial charge in [0.25, 0.3) is 5.72 Å². The Kier molecular flexibility index (Phi) is 4.33. The molecule has 1 unspecified atom stereocenters. The van der Waals surface area contributed by atoms with Crippen LogP contribution < -0.4 is 9.47 Å². The van der Waals surface area contributed by atoms with Crippen LogP contribution in [0.3, 0.4) is 0 Å². The molecule has 1 spiro atoms. The number of hydrogen-bond donors (Lipinski definition) is 0. The van der Waals surface area contributed by atoms with E-state index in [9.17, 15) is 4.39 Å². The maximum atomic E-state index is 13.7. The number of rotatable bonds is 3. The summed E-state index contributed by atoms with van der Waals surface area (Å²) in [5.41, 5.74) is 2.54. The van der Waals surface area contributed by atoms with Crippen LogP contribution >= 0.6 is 0 Å². The Morgan fingerprint density at radius 2 is 2.09 bits per heavy atom. The lowest BCUT2D eigenvalue weighted by Gasteiger charge is -2.36. The summed E-state index contributed by atoms with van der Waals surface area (Å²) < 4.78 is 32.9. The molecule has 4 heterocycles. The van der Waals surface area contributed by atoms with Gasteiger partial charge in [-0.05, 0) is 42.8 Å². The molecule has 0 radical (unpaired) electrons. The number of imidazole rings is 1. The van der Waals surface area contributed by atoms with E-state index in [4.69, 9.17) is 19.0 Å². The molecule has 0 amide bonds. The third-order valence-corrected chi connectivity index (χ3v) is 6.05. The summed E-state index contributed by atoms with van der Waals surface area (Å²) in [6.45, 7) is 3.18. The molecule has 1 atom stereocenters. The van der Waals surface area contributed by atoms with E-state index in [0.29, 0.717) is 36.2 Å². The number of amidine groups is 1. The molecule has 1 fully saturated rings. The molecule has 9 heteroatoms. The van der Waals surface area contributed by atoms with Crippen molar-refractivity contribution in [2.45, 2.75) is 12.6 Å². The average molecular weight is 448 g/mol. The van der Waals surface area contributed by atoms with Crippen LogP contribution in [0, 0.1) is 12.7 Å². The molecule has 0 aliphatic carbocycles. The standard InChI is InChI=1S/C24H21FN4O4/c1-15-12-28(14-26-15)19-6-3-16(9-21(19)30-2)10-22-23-27-33-24(29(23)7-8-31-22)13-32-20-11-17(25)4-5-18(20)24/h3-6,9-12,14H,7-8,13H2,1-2H3/b22-10-. The van der Waals surface area contributed by atoms with Gasteiger partial charge in [-0.3, -0.25) is 0 Å². The number of fused-ring (bicyclic) bond motifs is 4. The summed E-state index contributed by atoms with van der Waals surface area (Å²) in [7, 11) is 1.64. The van der Waals surface area contributed by atoms with Crippen LogP contribution in [0.5, 0.6) is 11.5 Å². The van der Waals surface area contributed by atoms with Crippen LogP contribution in [0.1, 0.15) is 16.8 Å². The van der Waals surface area contributed by atoms with Crippen molar-refractivity contribution in [2.75, 3.05) is 26.9 Å². The highest BCUT2D eigenvalue weighted by Gasteiger charge is 2.55. The van der Waals surface area contributed by atoms with E-state index in [1.54, 1.807) is 19.5 Å². The summed E-state index contributed by atoms with van der Waals surface area (Å²) >= 11 is 0. The van der Waals surface area contributed by atoms with Crippen molar-refractivity contribution < 1.29 is 23.4 Å². The van der Waals surface area contributed by atoms with E-state index in [0.717, 1.165) is 22.5 Å². The number of hydrogen-bond acceptors (Lipinski definition) is 7. The SMILES string of the molecule is COc1cc(/C=C2\OCCN3C2=NOC32COc3cc(F)ccc32)ccc1-n1cnc(C)c1. The van der Waals surface area contributed by atoms with Crippen LogP contribution in [-0.2, 0) is 15.3 Å². The largest absolute Gasteiger partial charge is 0.495 e. The van der Waals surface area contributed by atoms with Crippen LogP contribution in [0.15, 0.2) is 59.8 Å². The van der Waals surface area contributed by atoms with Crippen molar-refractivity contribution >= 4 is 11.9 Å². The van der Waals surface area contributed by atoms with Gasteiger partial charge in [0.15, 0.2) is 12.4 Å². The van der Waals surface area contributed by atoms with Crippen LogP contribution in [0.4, 0.5) is 4.39 Å². The Balaban J connectivity index is 1.33. The van der Waals surface area contributed by atoms with Gasteiger partial charge in [-0.25, -0.2) is 9.37 Å². The molecule has 168 valence electrons. The second-order valence-corrected chi connectivity index (χ2v) is 8.08. The predicted molar refractivity (Wildman–Crippen MR) is 118 cm³/mol. The number of oxime groups is 1. The third-order valence-electron chi connectivity index (χ3n) is 6.05. The normalized spacial score (nSPS) is 21.8. The Hall–Kier alpha value is -4.01. The third kappa shape index (κ3) is 3.03. The molecule has 3 aromatic rings. The van der Waals surface area contributed by atoms with Crippen molar-refractivity contribution in [1.29, 1.82) is 0 Å². The van der Waals surface area contributed by atoms with Gasteiger partial charge in [-0.15, -0.1) is 0 Å². The number of aromatic nitrogens is 2. The van der Waals surface area contributed by atoms with Crippen molar-refractivity contribution in [3.05, 3.63) is 77.3 Å². The monoisotopic (exact) mass is 448 g/mol. The number of nitrogens with zero attached hydrogens (tertiary/aromatic N) is 4. The summed E-state index contributed by atoms with van der Waals surface area (Å²) in [4.78, 5) is 12.2. The van der Waals surface area contributed by atoms with Gasteiger partial charge in [-0.1, -0.05) is 11.2 Å². The summed E-state index contributed by atoms with van der Waals surface area (Å²) in [5.74, 6) is 1.99. The van der Waals surface area contributed by atoms with Crippen LogP contribution in [0.25, 0.3) is 11.8 Å². The zero-order valence-electron chi connectivity index (χ0n) is 18.1. The second-order valence-electron chi connectivity index (χ2n) is 8.08. The predicted octanol–water partition coefficient (Wildman–Crippen LogP) is 3.59. The molecule has 0 saturated carbocycles. The highest BCUT2D eigenvalue weighted by molar-refractivity contribution is 6.01. The first-order valence-corrected chi connectivity index (χ1v) is 10.6. The van der Waals surface area contributed by atoms with Gasteiger partial charge in [0.05, 0.1) is 36.9 Å². The van der Waals surface area contributed by atoms with Gasteiger partial charge in [0, 0.05) is 12.3 Å². The lowest BCUT2D eigenvalue weighted by molar-refractivity contribution is -0.119. The van der Waals surface area contributed by atoms with Crippen LogP contribution in [0.2, 0.25) is 0 Å². The van der Waals surface area contributed by atoms with E-state index in [2.05, 4.69) is 10.1 Å². The minimum atomic E-state index is -0.915. The molecule has 0 bridgehead atoms. The highest BCUT2D eigenvalue weighted by atomic mass is 19.1. The Bertz CT molecular complexity index is 1320. The number of methoxy groups -OCH3 is 1. The number of ether oxygens (including phenoxy) is 3. The Labute approximate surface area is 189 Å². The molecular formula is C24H21FN4O4. The van der Waals surface area contributed by atoms with Crippen molar-refractivity contribution in [2.24, 2.45) is 5.16 Å². The minimum absolute atomic E-state index is 0.221. The van der Waals surface area contributed by atoms with E-state index in [-0.39, 0.29) is 12.4 Å². The molecule has 33 heavy (non-hydrogen) atoms. The molecule has 1 saturated heterocycles. The lowest BCUT2D eigenvalue weighted by Crippen LogP contribution is -2.51. The fraction of sp³-hybridized carbons (Fsp3) is 0.250. The lowest BCUT2D eigenvalue weighted by atomic mass is 10.0. The van der Waals surface area contributed by atoms with Crippen molar-refractivity contribution in [3.8, 4) is 17.2 Å². The topological polar surface area (TPSA) is 70.3 Å². The Morgan fingerprint density at radius 1 is 1.18 bits per heavy atom. The van der Waals surface area contributed by atoms with Gasteiger partial charge in [0.1, 0.15) is 23.9 Å². The molecule has 1 aromatic heterocycles. The van der Waals surface area contributed by atoms with E-state index < -0.39 is 5.72 Å². The minimum Gasteiger partial charge on any atom is -0.495 e. The smallest absolute Gasteiger partial charge is 0.275 e. The maximum absolute atomic E-state index is 13.7. The van der Waals surface area contributed by atoms with E-state index >= 15 is 0 Å². The highest BCUT2D eigenvalue weighted by Crippen LogP contribution is 2.47. The van der Waals surface area contributed by atoms with Gasteiger partial charge in [0.2, 0.25) is 5.84 Å². The number of benzene rings is 2. The first-order valence-electron chi connectivity index (χ1n) is 10.6. The summed E-state index contributed by atoms with van der Waals surface area (Å²) in [6.07, 6.45) is 5.60.